The quantitative estimate of drug-likeness (QED) is 0.408. The van der Waals surface area contributed by atoms with Crippen LogP contribution in [-0.4, -0.2) is 37.5 Å². The molecule has 0 aliphatic heterocycles. The van der Waals surface area contributed by atoms with Crippen LogP contribution in [0.1, 0.15) is 38.2 Å². The fourth-order valence-corrected chi connectivity index (χ4v) is 2.24. The number of hydrogen-bond acceptors (Lipinski definition) is 4. The first-order valence-electron chi connectivity index (χ1n) is 8.29. The van der Waals surface area contributed by atoms with Gasteiger partial charge in [0.25, 0.3) is 0 Å². The third-order valence-electron chi connectivity index (χ3n) is 3.60. The SMILES string of the molecule is CCCCCCNC(=O)C(=O)N[C@@H](Cc1ccccc1)C(=O)OC. The lowest BCUT2D eigenvalue weighted by Crippen LogP contribution is -2.49. The van der Waals surface area contributed by atoms with E-state index in [0.717, 1.165) is 31.2 Å². The maximum Gasteiger partial charge on any atom is 0.328 e. The molecule has 132 valence electrons. The highest BCUT2D eigenvalue weighted by Gasteiger charge is 2.24. The van der Waals surface area contributed by atoms with Gasteiger partial charge in [-0.2, -0.15) is 0 Å². The predicted octanol–water partition coefficient (Wildman–Crippen LogP) is 1.58. The lowest BCUT2D eigenvalue weighted by molar-refractivity contribution is -0.146. The summed E-state index contributed by atoms with van der Waals surface area (Å²) in [4.78, 5) is 35.6. The summed E-state index contributed by atoms with van der Waals surface area (Å²) in [5, 5.41) is 5.01. The Hall–Kier alpha value is -2.37. The summed E-state index contributed by atoms with van der Waals surface area (Å²) in [6, 6.07) is 8.34. The zero-order chi connectivity index (χ0) is 17.8. The Labute approximate surface area is 143 Å². The summed E-state index contributed by atoms with van der Waals surface area (Å²) < 4.78 is 4.71. The second-order valence-corrected chi connectivity index (χ2v) is 5.56. The largest absolute Gasteiger partial charge is 0.467 e. The van der Waals surface area contributed by atoms with Crippen LogP contribution in [0.5, 0.6) is 0 Å². The minimum Gasteiger partial charge on any atom is -0.467 e. The molecule has 6 heteroatoms. The van der Waals surface area contributed by atoms with Crippen LogP contribution in [0.15, 0.2) is 30.3 Å². The molecule has 1 rings (SSSR count). The third kappa shape index (κ3) is 7.26. The maximum absolute atomic E-state index is 12.0. The second kappa shape index (κ2) is 11.2. The molecule has 0 saturated carbocycles. The lowest BCUT2D eigenvalue weighted by atomic mass is 10.1. The van der Waals surface area contributed by atoms with E-state index in [0.29, 0.717) is 6.54 Å². The number of carbonyl (C=O) groups is 3. The molecule has 0 unspecified atom stereocenters. The van der Waals surface area contributed by atoms with Crippen molar-refractivity contribution in [2.75, 3.05) is 13.7 Å². The van der Waals surface area contributed by atoms with Crippen molar-refractivity contribution >= 4 is 17.8 Å². The van der Waals surface area contributed by atoms with Gasteiger partial charge in [0.1, 0.15) is 6.04 Å². The monoisotopic (exact) mass is 334 g/mol. The fraction of sp³-hybridized carbons (Fsp3) is 0.500. The van der Waals surface area contributed by atoms with E-state index < -0.39 is 23.8 Å². The van der Waals surface area contributed by atoms with Crippen LogP contribution in [0.4, 0.5) is 0 Å². The van der Waals surface area contributed by atoms with Gasteiger partial charge in [0.2, 0.25) is 0 Å². The number of carbonyl (C=O) groups excluding carboxylic acids is 3. The van der Waals surface area contributed by atoms with Crippen molar-refractivity contribution in [2.24, 2.45) is 0 Å². The van der Waals surface area contributed by atoms with Gasteiger partial charge < -0.3 is 15.4 Å². The average molecular weight is 334 g/mol. The van der Waals surface area contributed by atoms with Gasteiger partial charge in [0.05, 0.1) is 7.11 Å². The van der Waals surface area contributed by atoms with E-state index in [1.807, 2.05) is 30.3 Å². The van der Waals surface area contributed by atoms with Crippen LogP contribution in [-0.2, 0) is 25.5 Å². The molecule has 0 bridgehead atoms. The van der Waals surface area contributed by atoms with E-state index in [4.69, 9.17) is 4.74 Å². The zero-order valence-electron chi connectivity index (χ0n) is 14.3. The van der Waals surface area contributed by atoms with Gasteiger partial charge in [-0.25, -0.2) is 4.79 Å². The van der Waals surface area contributed by atoms with Crippen LogP contribution in [0.25, 0.3) is 0 Å². The number of amides is 2. The maximum atomic E-state index is 12.0. The van der Waals surface area contributed by atoms with Crippen LogP contribution in [0, 0.1) is 0 Å². The molecular weight excluding hydrogens is 308 g/mol. The minimum atomic E-state index is -0.893. The molecule has 0 saturated heterocycles. The summed E-state index contributed by atoms with van der Waals surface area (Å²) in [6.07, 6.45) is 4.32. The molecule has 6 nitrogen and oxygen atoms in total. The number of esters is 1. The van der Waals surface area contributed by atoms with E-state index in [9.17, 15) is 14.4 Å². The number of methoxy groups -OCH3 is 1. The van der Waals surface area contributed by atoms with E-state index >= 15 is 0 Å². The van der Waals surface area contributed by atoms with Gasteiger partial charge in [-0.1, -0.05) is 56.5 Å². The number of rotatable bonds is 9. The van der Waals surface area contributed by atoms with Crippen LogP contribution in [0.3, 0.4) is 0 Å². The predicted molar refractivity (Wildman–Crippen MR) is 91.2 cm³/mol. The molecule has 0 aliphatic rings. The van der Waals surface area contributed by atoms with Gasteiger partial charge in [-0.05, 0) is 12.0 Å². The van der Waals surface area contributed by atoms with Crippen molar-refractivity contribution in [1.29, 1.82) is 0 Å². The molecule has 2 N–H and O–H groups in total. The van der Waals surface area contributed by atoms with E-state index in [-0.39, 0.29) is 6.42 Å². The van der Waals surface area contributed by atoms with Crippen LogP contribution >= 0.6 is 0 Å². The highest BCUT2D eigenvalue weighted by atomic mass is 16.5. The molecular formula is C18H26N2O4. The molecule has 1 aromatic rings. The van der Waals surface area contributed by atoms with E-state index in [1.165, 1.54) is 7.11 Å². The van der Waals surface area contributed by atoms with Gasteiger partial charge in [0.15, 0.2) is 0 Å². The molecule has 1 atom stereocenters. The van der Waals surface area contributed by atoms with Crippen molar-refractivity contribution < 1.29 is 19.1 Å². The average Bonchev–Trinajstić information content (AvgIpc) is 2.60. The standard InChI is InChI=1S/C18H26N2O4/c1-3-4-5-9-12-19-16(21)17(22)20-15(18(23)24-2)13-14-10-7-6-8-11-14/h6-8,10-11,15H,3-5,9,12-13H2,1-2H3,(H,19,21)(H,20,22)/t15-/m0/s1. The molecule has 0 radical (unpaired) electrons. The van der Waals surface area contributed by atoms with Crippen molar-refractivity contribution in [2.45, 2.75) is 45.1 Å². The zero-order valence-corrected chi connectivity index (χ0v) is 14.3. The number of unbranched alkanes of at least 4 members (excludes halogenated alkanes) is 3. The summed E-state index contributed by atoms with van der Waals surface area (Å²) >= 11 is 0. The second-order valence-electron chi connectivity index (χ2n) is 5.56. The lowest BCUT2D eigenvalue weighted by Gasteiger charge is -2.16. The van der Waals surface area contributed by atoms with Crippen molar-refractivity contribution in [1.82, 2.24) is 10.6 Å². The molecule has 0 aliphatic carbocycles. The molecule has 24 heavy (non-hydrogen) atoms. The number of hydrogen-bond donors (Lipinski definition) is 2. The Morgan fingerprint density at radius 2 is 1.75 bits per heavy atom. The number of nitrogens with one attached hydrogen (secondary N) is 2. The Balaban J connectivity index is 2.51. The van der Waals surface area contributed by atoms with Crippen LogP contribution in [0.2, 0.25) is 0 Å². The van der Waals surface area contributed by atoms with E-state index in [2.05, 4.69) is 17.6 Å². The highest BCUT2D eigenvalue weighted by molar-refractivity contribution is 6.35. The number of ether oxygens (including phenoxy) is 1. The first-order valence-corrected chi connectivity index (χ1v) is 8.29. The van der Waals surface area contributed by atoms with Gasteiger partial charge in [-0.3, -0.25) is 9.59 Å². The summed E-state index contributed by atoms with van der Waals surface area (Å²) in [7, 11) is 1.25. The Bertz CT molecular complexity index is 531. The molecule has 1 aromatic carbocycles. The topological polar surface area (TPSA) is 84.5 Å². The Kier molecular flexibility index (Phi) is 9.19. The Morgan fingerprint density at radius 1 is 1.04 bits per heavy atom. The third-order valence-corrected chi connectivity index (χ3v) is 3.60. The first kappa shape index (κ1) is 19.7. The van der Waals surface area contributed by atoms with Crippen molar-refractivity contribution in [3.05, 3.63) is 35.9 Å². The Morgan fingerprint density at radius 3 is 2.38 bits per heavy atom. The summed E-state index contributed by atoms with van der Waals surface area (Å²) in [5.74, 6) is -2.13. The molecule has 0 spiro atoms. The fourth-order valence-electron chi connectivity index (χ4n) is 2.24. The van der Waals surface area contributed by atoms with E-state index in [1.54, 1.807) is 0 Å². The molecule has 2 amide bonds. The summed E-state index contributed by atoms with van der Waals surface area (Å²) in [6.45, 7) is 2.56. The minimum absolute atomic E-state index is 0.267. The smallest absolute Gasteiger partial charge is 0.328 e. The van der Waals surface area contributed by atoms with Crippen molar-refractivity contribution in [3.8, 4) is 0 Å². The van der Waals surface area contributed by atoms with Gasteiger partial charge in [-0.15, -0.1) is 0 Å². The summed E-state index contributed by atoms with van der Waals surface area (Å²) in [5.41, 5.74) is 0.869. The van der Waals surface area contributed by atoms with Crippen molar-refractivity contribution in [3.63, 3.8) is 0 Å². The first-order chi connectivity index (χ1) is 11.6. The van der Waals surface area contributed by atoms with Crippen LogP contribution < -0.4 is 10.6 Å². The number of benzene rings is 1. The highest BCUT2D eigenvalue weighted by Crippen LogP contribution is 2.04. The molecule has 0 fully saturated rings. The molecule has 0 aromatic heterocycles. The van der Waals surface area contributed by atoms with Gasteiger partial charge >= 0.3 is 17.8 Å². The van der Waals surface area contributed by atoms with Gasteiger partial charge in [0, 0.05) is 13.0 Å². The molecule has 0 heterocycles. The normalized spacial score (nSPS) is 11.4.